The van der Waals surface area contributed by atoms with Gasteiger partial charge < -0.3 is 24.4 Å². The lowest BCUT2D eigenvalue weighted by Gasteiger charge is -2.26. The van der Waals surface area contributed by atoms with Crippen molar-refractivity contribution in [2.24, 2.45) is 5.41 Å². The van der Waals surface area contributed by atoms with Gasteiger partial charge in [0.15, 0.2) is 12.6 Å². The first-order valence-electron chi connectivity index (χ1n) is 11.2. The van der Waals surface area contributed by atoms with Crippen LogP contribution in [-0.2, 0) is 38.9 Å². The summed E-state index contributed by atoms with van der Waals surface area (Å²) in [5.74, 6) is 2.26. The minimum absolute atomic E-state index is 0.0181. The predicted molar refractivity (Wildman–Crippen MR) is 136 cm³/mol. The topological polar surface area (TPSA) is 133 Å². The number of carbonyl (C=O) groups excluding carboxylic acids is 2. The Kier molecular flexibility index (Phi) is 10.3. The summed E-state index contributed by atoms with van der Waals surface area (Å²) in [5, 5.41) is 30.0. The Morgan fingerprint density at radius 3 is 2.33 bits per heavy atom. The van der Waals surface area contributed by atoms with Crippen molar-refractivity contribution in [3.8, 4) is 16.9 Å². The molecular formula is C25H35N3O7S. The van der Waals surface area contributed by atoms with E-state index in [4.69, 9.17) is 14.2 Å². The lowest BCUT2D eigenvalue weighted by Crippen LogP contribution is -2.33. The molecule has 1 atom stereocenters. The summed E-state index contributed by atoms with van der Waals surface area (Å²) in [5.41, 5.74) is 0.615. The lowest BCUT2D eigenvalue weighted by molar-refractivity contribution is -0.155. The van der Waals surface area contributed by atoms with Crippen LogP contribution in [0, 0.1) is 16.6 Å². The Bertz CT molecular complexity index is 1090. The number of carbonyl (C=O) groups is 2. The van der Waals surface area contributed by atoms with E-state index in [-0.39, 0.29) is 32.8 Å². The van der Waals surface area contributed by atoms with Crippen molar-refractivity contribution < 1.29 is 34.0 Å². The van der Waals surface area contributed by atoms with Crippen molar-refractivity contribution >= 4 is 22.0 Å². The Balaban J connectivity index is 2.10. The maximum atomic E-state index is 12.7. The summed E-state index contributed by atoms with van der Waals surface area (Å²) in [6, 6.07) is 4.07. The van der Waals surface area contributed by atoms with Crippen LogP contribution in [0.15, 0.2) is 24.4 Å². The molecule has 36 heavy (non-hydrogen) atoms. The minimum atomic E-state index is -1.02. The van der Waals surface area contributed by atoms with Gasteiger partial charge in [0, 0.05) is 0 Å². The number of methoxy groups -OCH3 is 1. The zero-order valence-electron chi connectivity index (χ0n) is 21.6. The zero-order chi connectivity index (χ0) is 26.9. The first-order chi connectivity index (χ1) is 16.9. The van der Waals surface area contributed by atoms with Crippen LogP contribution < -0.4 is 4.74 Å². The van der Waals surface area contributed by atoms with Gasteiger partial charge in [-0.15, -0.1) is 5.10 Å². The summed E-state index contributed by atoms with van der Waals surface area (Å²) in [6.07, 6.45) is 7.75. The van der Waals surface area contributed by atoms with Crippen molar-refractivity contribution in [3.05, 3.63) is 41.2 Å². The van der Waals surface area contributed by atoms with Crippen molar-refractivity contribution in [1.82, 2.24) is 15.0 Å². The number of ether oxygens (including phenoxy) is 3. The number of hydrogen-bond donors (Lipinski definition) is 2. The second-order valence-corrected chi connectivity index (χ2v) is 13.5. The standard InChI is InChI=1S/C25H35N3O7S/c1-25(2,24(32)34-8-7-9-36(4,5)6)13-22(23(31)33-3)28-14-20(26-27-28)17-35-21-11-18(15-29)10-19(12-21)16-30/h10-12,14,22,29-30H,8,13,15-17H2,1-6H3. The van der Waals surface area contributed by atoms with Crippen molar-refractivity contribution in [1.29, 1.82) is 0 Å². The molecule has 0 aliphatic heterocycles. The van der Waals surface area contributed by atoms with Crippen LogP contribution in [0.2, 0.25) is 0 Å². The molecule has 1 unspecified atom stereocenters. The number of aromatic nitrogens is 3. The third-order valence-electron chi connectivity index (χ3n) is 5.04. The zero-order valence-corrected chi connectivity index (χ0v) is 22.4. The summed E-state index contributed by atoms with van der Waals surface area (Å²) in [4.78, 5) is 25.3. The minimum Gasteiger partial charge on any atom is -0.487 e. The summed E-state index contributed by atoms with van der Waals surface area (Å²) in [6.45, 7) is 3.00. The quantitative estimate of drug-likeness (QED) is 0.337. The highest BCUT2D eigenvalue weighted by Crippen LogP contribution is 2.32. The molecular weight excluding hydrogens is 486 g/mol. The average Bonchev–Trinajstić information content (AvgIpc) is 3.31. The molecule has 198 valence electrons. The molecule has 0 saturated carbocycles. The summed E-state index contributed by atoms with van der Waals surface area (Å²) < 4.78 is 17.3. The third kappa shape index (κ3) is 8.86. The number of nitrogens with zero attached hydrogens (tertiary/aromatic N) is 3. The first kappa shape index (κ1) is 29.2. The van der Waals surface area contributed by atoms with Gasteiger partial charge in [-0.1, -0.05) is 22.5 Å². The van der Waals surface area contributed by atoms with Gasteiger partial charge in [0.05, 0.1) is 31.9 Å². The highest BCUT2D eigenvalue weighted by atomic mass is 32.3. The van der Waals surface area contributed by atoms with E-state index in [0.29, 0.717) is 22.6 Å². The van der Waals surface area contributed by atoms with Gasteiger partial charge in [0.2, 0.25) is 0 Å². The Morgan fingerprint density at radius 2 is 1.78 bits per heavy atom. The molecule has 0 radical (unpaired) electrons. The molecule has 10 nitrogen and oxygen atoms in total. The largest absolute Gasteiger partial charge is 0.487 e. The van der Waals surface area contributed by atoms with Gasteiger partial charge in [-0.25, -0.2) is 9.48 Å². The molecule has 11 heteroatoms. The molecule has 2 aromatic rings. The van der Waals surface area contributed by atoms with E-state index < -0.39 is 33.4 Å². The van der Waals surface area contributed by atoms with Gasteiger partial charge in [-0.3, -0.25) is 4.79 Å². The third-order valence-corrected chi connectivity index (χ3v) is 5.80. The van der Waals surface area contributed by atoms with Crippen LogP contribution in [0.5, 0.6) is 5.75 Å². The monoisotopic (exact) mass is 521 g/mol. The molecule has 1 heterocycles. The molecule has 2 rings (SSSR count). The fourth-order valence-corrected chi connectivity index (χ4v) is 3.71. The van der Waals surface area contributed by atoms with E-state index in [1.165, 1.54) is 11.8 Å². The van der Waals surface area contributed by atoms with Crippen LogP contribution in [0.1, 0.15) is 43.1 Å². The molecule has 0 aliphatic carbocycles. The fraction of sp³-hybridized carbons (Fsp3) is 0.520. The van der Waals surface area contributed by atoms with E-state index in [1.54, 1.807) is 38.2 Å². The number of benzene rings is 1. The van der Waals surface area contributed by atoms with Crippen molar-refractivity contribution in [2.75, 3.05) is 32.5 Å². The van der Waals surface area contributed by atoms with Gasteiger partial charge >= 0.3 is 11.9 Å². The molecule has 1 aromatic carbocycles. The smallest absolute Gasteiger partial charge is 0.330 e. The maximum absolute atomic E-state index is 12.7. The number of aliphatic hydroxyl groups excluding tert-OH is 2. The number of esters is 2. The molecule has 1 aromatic heterocycles. The van der Waals surface area contributed by atoms with Crippen LogP contribution in [0.25, 0.3) is 0 Å². The van der Waals surface area contributed by atoms with Crippen LogP contribution >= 0.6 is 10.0 Å². The highest BCUT2D eigenvalue weighted by Gasteiger charge is 2.37. The number of aliphatic hydroxyl groups is 2. The Hall–Kier alpha value is -3.07. The first-order valence-corrected chi connectivity index (χ1v) is 14.1. The summed E-state index contributed by atoms with van der Waals surface area (Å²) in [7, 11) is 0.243. The Labute approximate surface area is 213 Å². The molecule has 0 amide bonds. The van der Waals surface area contributed by atoms with Gasteiger partial charge in [-0.2, -0.15) is 10.0 Å². The van der Waals surface area contributed by atoms with Crippen LogP contribution in [-0.4, -0.2) is 69.6 Å². The van der Waals surface area contributed by atoms with E-state index in [9.17, 15) is 19.8 Å². The van der Waals surface area contributed by atoms with Crippen molar-refractivity contribution in [2.45, 2.75) is 46.1 Å². The molecule has 0 bridgehead atoms. The number of hydrogen-bond acceptors (Lipinski definition) is 9. The predicted octanol–water partition coefficient (Wildman–Crippen LogP) is 2.17. The van der Waals surface area contributed by atoms with Crippen molar-refractivity contribution in [3.63, 3.8) is 0 Å². The van der Waals surface area contributed by atoms with Gasteiger partial charge in [0.25, 0.3) is 0 Å². The fourth-order valence-electron chi connectivity index (χ4n) is 3.21. The van der Waals surface area contributed by atoms with Crippen LogP contribution in [0.3, 0.4) is 0 Å². The molecule has 0 aliphatic rings. The molecule has 0 saturated heterocycles. The molecule has 2 N–H and O–H groups in total. The molecule has 0 spiro atoms. The van der Waals surface area contributed by atoms with E-state index in [2.05, 4.69) is 21.5 Å². The second kappa shape index (κ2) is 12.8. The highest BCUT2D eigenvalue weighted by molar-refractivity contribution is 8.35. The SMILES string of the molecule is COC(=O)C(CC(C)(C)C(=O)OCC#CS(C)(C)C)n1cc(COc2cc(CO)cc(CO)c2)nn1. The Morgan fingerprint density at radius 1 is 1.14 bits per heavy atom. The average molecular weight is 522 g/mol. The lowest BCUT2D eigenvalue weighted by atomic mass is 9.85. The number of rotatable bonds is 11. The van der Waals surface area contributed by atoms with E-state index in [1.807, 2.05) is 18.8 Å². The maximum Gasteiger partial charge on any atom is 0.330 e. The van der Waals surface area contributed by atoms with E-state index in [0.717, 1.165) is 0 Å². The second-order valence-electron chi connectivity index (χ2n) is 9.60. The van der Waals surface area contributed by atoms with Crippen LogP contribution in [0.4, 0.5) is 0 Å². The normalized spacial score (nSPS) is 12.8. The van der Waals surface area contributed by atoms with Gasteiger partial charge in [-0.05, 0) is 62.3 Å². The summed E-state index contributed by atoms with van der Waals surface area (Å²) >= 11 is 0. The van der Waals surface area contributed by atoms with Gasteiger partial charge in [0.1, 0.15) is 18.1 Å². The van der Waals surface area contributed by atoms with E-state index >= 15 is 0 Å². The molecule has 0 fully saturated rings.